The van der Waals surface area contributed by atoms with Crippen LogP contribution in [-0.4, -0.2) is 59.3 Å². The number of allylic oxidation sites excluding steroid dienone is 1. The molecule has 7 nitrogen and oxygen atoms in total. The Balaban J connectivity index is 1.69. The number of nitrogens with zero attached hydrogens (tertiary/aromatic N) is 2. The van der Waals surface area contributed by atoms with Crippen LogP contribution in [0.2, 0.25) is 0 Å². The maximum Gasteiger partial charge on any atom is 0.246 e. The summed E-state index contributed by atoms with van der Waals surface area (Å²) in [5, 5.41) is 2.99. The van der Waals surface area contributed by atoms with Crippen LogP contribution < -0.4 is 10.1 Å². The van der Waals surface area contributed by atoms with Crippen molar-refractivity contribution in [1.82, 2.24) is 9.80 Å². The second-order valence-corrected chi connectivity index (χ2v) is 8.68. The zero-order chi connectivity index (χ0) is 20.5. The summed E-state index contributed by atoms with van der Waals surface area (Å²) in [6, 6.07) is 4.07. The molecule has 0 aliphatic carbocycles. The first-order valence-electron chi connectivity index (χ1n) is 10.2. The molecular formula is C22H25N3O4. The van der Waals surface area contributed by atoms with Crippen LogP contribution in [0.25, 0.3) is 0 Å². The van der Waals surface area contributed by atoms with Crippen molar-refractivity contribution in [3.8, 4) is 5.75 Å². The Morgan fingerprint density at radius 1 is 1.21 bits per heavy atom. The van der Waals surface area contributed by atoms with Gasteiger partial charge < -0.3 is 19.9 Å². The van der Waals surface area contributed by atoms with Crippen molar-refractivity contribution in [3.63, 3.8) is 0 Å². The average molecular weight is 395 g/mol. The molecular weight excluding hydrogens is 370 g/mol. The standard InChI is InChI=1S/C22H25N3O4/c1-12(2)9-18-22(14-7-6-13(29-3)10-15(14)23-21(22)28)11-17-19(26)24-8-4-5-16(24)20(27)25(17)18/h6-7,9-10,16-18H,4-5,8,11H2,1-3H3,(H,23,28)/t16-,17-,18-,22-/m0/s1. The van der Waals surface area contributed by atoms with Crippen LogP contribution in [0.5, 0.6) is 5.75 Å². The van der Waals surface area contributed by atoms with Crippen LogP contribution >= 0.6 is 0 Å². The second-order valence-electron chi connectivity index (χ2n) is 8.68. The average Bonchev–Trinajstić information content (AvgIpc) is 3.36. The summed E-state index contributed by atoms with van der Waals surface area (Å²) in [6.07, 6.45) is 3.84. The van der Waals surface area contributed by atoms with Gasteiger partial charge in [0.05, 0.1) is 13.2 Å². The zero-order valence-corrected chi connectivity index (χ0v) is 16.9. The van der Waals surface area contributed by atoms with Gasteiger partial charge in [0.15, 0.2) is 0 Å². The number of carbonyl (C=O) groups is 3. The van der Waals surface area contributed by atoms with Gasteiger partial charge in [-0.1, -0.05) is 17.7 Å². The van der Waals surface area contributed by atoms with E-state index in [1.807, 2.05) is 32.1 Å². The Bertz CT molecular complexity index is 967. The van der Waals surface area contributed by atoms with Gasteiger partial charge in [0.25, 0.3) is 0 Å². The number of benzene rings is 1. The van der Waals surface area contributed by atoms with Crippen molar-refractivity contribution in [3.05, 3.63) is 35.4 Å². The lowest BCUT2D eigenvalue weighted by molar-refractivity contribution is -0.158. The van der Waals surface area contributed by atoms with Crippen molar-refractivity contribution >= 4 is 23.4 Å². The molecule has 152 valence electrons. The van der Waals surface area contributed by atoms with Gasteiger partial charge in [0.2, 0.25) is 17.7 Å². The fourth-order valence-electron chi connectivity index (χ4n) is 5.64. The van der Waals surface area contributed by atoms with E-state index in [1.165, 1.54) is 0 Å². The number of rotatable bonds is 2. The molecule has 4 aliphatic heterocycles. The first-order chi connectivity index (χ1) is 13.9. The first kappa shape index (κ1) is 18.2. The molecule has 3 saturated heterocycles. The molecule has 3 fully saturated rings. The lowest BCUT2D eigenvalue weighted by Gasteiger charge is -2.41. The van der Waals surface area contributed by atoms with E-state index in [9.17, 15) is 14.4 Å². The summed E-state index contributed by atoms with van der Waals surface area (Å²) in [5.41, 5.74) is 1.58. The number of fused-ring (bicyclic) bond motifs is 4. The van der Waals surface area contributed by atoms with Gasteiger partial charge in [-0.2, -0.15) is 0 Å². The molecule has 0 bridgehead atoms. The van der Waals surface area contributed by atoms with Crippen molar-refractivity contribution in [1.29, 1.82) is 0 Å². The van der Waals surface area contributed by atoms with Crippen molar-refractivity contribution in [2.45, 2.75) is 56.7 Å². The van der Waals surface area contributed by atoms with E-state index in [0.717, 1.165) is 17.6 Å². The van der Waals surface area contributed by atoms with E-state index in [2.05, 4.69) is 5.32 Å². The lowest BCUT2D eigenvalue weighted by atomic mass is 9.73. The molecule has 1 N–H and O–H groups in total. The van der Waals surface area contributed by atoms with E-state index in [-0.39, 0.29) is 23.8 Å². The predicted molar refractivity (Wildman–Crippen MR) is 107 cm³/mol. The molecule has 4 heterocycles. The topological polar surface area (TPSA) is 79.0 Å². The van der Waals surface area contributed by atoms with Crippen LogP contribution in [0.4, 0.5) is 5.69 Å². The molecule has 4 aliphatic rings. The highest BCUT2D eigenvalue weighted by molar-refractivity contribution is 6.10. The van der Waals surface area contributed by atoms with Crippen LogP contribution in [0.3, 0.4) is 0 Å². The van der Waals surface area contributed by atoms with E-state index in [4.69, 9.17) is 4.74 Å². The molecule has 29 heavy (non-hydrogen) atoms. The third-order valence-corrected chi connectivity index (χ3v) is 6.87. The Labute approximate surface area is 169 Å². The summed E-state index contributed by atoms with van der Waals surface area (Å²) in [5.74, 6) is 0.453. The monoisotopic (exact) mass is 395 g/mol. The number of anilines is 1. The lowest BCUT2D eigenvalue weighted by Crippen LogP contribution is -2.62. The quantitative estimate of drug-likeness (QED) is 0.775. The number of ether oxygens (including phenoxy) is 1. The van der Waals surface area contributed by atoms with E-state index in [0.29, 0.717) is 30.8 Å². The molecule has 0 unspecified atom stereocenters. The SMILES string of the molecule is COc1ccc2c(c1)NC(=O)[C@@]21C[C@H]2C(=O)N3CCC[C@H]3C(=O)N2[C@H]1C=C(C)C. The Kier molecular flexibility index (Phi) is 3.82. The zero-order valence-electron chi connectivity index (χ0n) is 16.9. The van der Waals surface area contributed by atoms with E-state index < -0.39 is 17.5 Å². The minimum atomic E-state index is -0.964. The van der Waals surface area contributed by atoms with Crippen LogP contribution in [-0.2, 0) is 19.8 Å². The van der Waals surface area contributed by atoms with E-state index >= 15 is 0 Å². The molecule has 1 aromatic rings. The highest BCUT2D eigenvalue weighted by atomic mass is 16.5. The summed E-state index contributed by atoms with van der Waals surface area (Å²) in [4.78, 5) is 43.6. The van der Waals surface area contributed by atoms with Crippen molar-refractivity contribution < 1.29 is 19.1 Å². The fraction of sp³-hybridized carbons (Fsp3) is 0.500. The third-order valence-electron chi connectivity index (χ3n) is 6.87. The number of amides is 3. The molecule has 0 saturated carbocycles. The molecule has 0 aromatic heterocycles. The van der Waals surface area contributed by atoms with Gasteiger partial charge in [0.1, 0.15) is 23.2 Å². The maximum absolute atomic E-state index is 13.4. The highest BCUT2D eigenvalue weighted by Gasteiger charge is 2.66. The maximum atomic E-state index is 13.4. The molecule has 7 heteroatoms. The predicted octanol–water partition coefficient (Wildman–Crippen LogP) is 1.83. The molecule has 1 aromatic carbocycles. The normalized spacial score (nSPS) is 32.2. The summed E-state index contributed by atoms with van der Waals surface area (Å²) in [6.45, 7) is 4.54. The number of nitrogens with one attached hydrogen (secondary N) is 1. The third kappa shape index (κ3) is 2.27. The summed E-state index contributed by atoms with van der Waals surface area (Å²) in [7, 11) is 1.58. The van der Waals surface area contributed by atoms with E-state index in [1.54, 1.807) is 23.0 Å². The van der Waals surface area contributed by atoms with Gasteiger partial charge in [-0.15, -0.1) is 0 Å². The number of piperazine rings is 1. The first-order valence-corrected chi connectivity index (χ1v) is 10.2. The Morgan fingerprint density at radius 2 is 2.00 bits per heavy atom. The number of methoxy groups -OCH3 is 1. The fourth-order valence-corrected chi connectivity index (χ4v) is 5.64. The Morgan fingerprint density at radius 3 is 2.72 bits per heavy atom. The van der Waals surface area contributed by atoms with Crippen molar-refractivity contribution in [2.24, 2.45) is 0 Å². The van der Waals surface area contributed by atoms with Gasteiger partial charge in [-0.3, -0.25) is 14.4 Å². The van der Waals surface area contributed by atoms with Crippen LogP contribution in [0, 0.1) is 0 Å². The molecule has 0 radical (unpaired) electrons. The Hall–Kier alpha value is -2.83. The number of hydrogen-bond donors (Lipinski definition) is 1. The number of carbonyl (C=O) groups excluding carboxylic acids is 3. The second kappa shape index (κ2) is 6.08. The van der Waals surface area contributed by atoms with Gasteiger partial charge in [-0.05, 0) is 44.7 Å². The highest BCUT2D eigenvalue weighted by Crippen LogP contribution is 2.53. The van der Waals surface area contributed by atoms with Crippen LogP contribution in [0.15, 0.2) is 29.8 Å². The molecule has 4 atom stereocenters. The van der Waals surface area contributed by atoms with Gasteiger partial charge >= 0.3 is 0 Å². The largest absolute Gasteiger partial charge is 0.497 e. The molecule has 1 spiro atoms. The minimum absolute atomic E-state index is 0.0223. The van der Waals surface area contributed by atoms with Crippen LogP contribution in [0.1, 0.15) is 38.7 Å². The molecule has 5 rings (SSSR count). The smallest absolute Gasteiger partial charge is 0.246 e. The number of hydrogen-bond acceptors (Lipinski definition) is 4. The minimum Gasteiger partial charge on any atom is -0.497 e. The van der Waals surface area contributed by atoms with Gasteiger partial charge in [-0.25, -0.2) is 0 Å². The summed E-state index contributed by atoms with van der Waals surface area (Å²) < 4.78 is 5.31. The van der Waals surface area contributed by atoms with Crippen molar-refractivity contribution in [2.75, 3.05) is 19.0 Å². The summed E-state index contributed by atoms with van der Waals surface area (Å²) >= 11 is 0. The van der Waals surface area contributed by atoms with Gasteiger partial charge in [0, 0.05) is 18.3 Å². The molecule has 3 amide bonds.